The first kappa shape index (κ1) is 24.8. The topological polar surface area (TPSA) is 18.8 Å². The number of benzene rings is 5. The molecule has 6 rings (SSSR count). The summed E-state index contributed by atoms with van der Waals surface area (Å²) in [5, 5.41) is 7.49. The monoisotopic (exact) mass is 507 g/mol. The number of nitrogens with zero attached hydrogens (tertiary/aromatic N) is 3. The lowest BCUT2D eigenvalue weighted by molar-refractivity contribution is 0.112. The number of hydrogen-bond acceptors (Lipinski definition) is 3. The Hall–Kier alpha value is -4.47. The van der Waals surface area contributed by atoms with Crippen LogP contribution in [0.15, 0.2) is 151 Å². The van der Waals surface area contributed by atoms with Crippen LogP contribution in [0, 0.1) is 0 Å². The lowest BCUT2D eigenvalue weighted by Crippen LogP contribution is -2.46. The third-order valence-corrected chi connectivity index (χ3v) is 7.44. The smallest absolute Gasteiger partial charge is 0.0976 e. The molecule has 5 aromatic carbocycles. The maximum absolute atomic E-state index is 5.24. The molecule has 1 heterocycles. The van der Waals surface area contributed by atoms with Gasteiger partial charge in [0.15, 0.2) is 0 Å². The lowest BCUT2D eigenvalue weighted by Gasteiger charge is -2.39. The Morgan fingerprint density at radius 3 is 1.44 bits per heavy atom. The molecule has 3 heteroatoms. The standard InChI is InChI=1S/C36H33N3/c1-5-13-29(14-6-1)30-21-23-32(24-22-30)35(31-15-7-2-8-16-31)37-39-27-25-38(26-28-39)36(33-17-9-3-10-18-33)34-19-11-4-12-20-34/h1-24,36H,25-28H2. The summed E-state index contributed by atoms with van der Waals surface area (Å²) in [5.74, 6) is 0. The zero-order chi connectivity index (χ0) is 26.3. The Morgan fingerprint density at radius 2 is 0.897 bits per heavy atom. The molecule has 0 N–H and O–H groups in total. The molecular formula is C36H33N3. The van der Waals surface area contributed by atoms with Crippen LogP contribution >= 0.6 is 0 Å². The van der Waals surface area contributed by atoms with Gasteiger partial charge in [-0.05, 0) is 22.3 Å². The zero-order valence-electron chi connectivity index (χ0n) is 22.1. The highest BCUT2D eigenvalue weighted by Gasteiger charge is 2.26. The molecular weight excluding hydrogens is 474 g/mol. The van der Waals surface area contributed by atoms with Gasteiger partial charge in [-0.1, -0.05) is 146 Å². The molecule has 1 aliphatic rings. The molecule has 0 spiro atoms. The fraction of sp³-hybridized carbons (Fsp3) is 0.139. The molecule has 1 fully saturated rings. The molecule has 0 bridgehead atoms. The van der Waals surface area contributed by atoms with Crippen LogP contribution in [-0.2, 0) is 0 Å². The van der Waals surface area contributed by atoms with Gasteiger partial charge in [-0.15, -0.1) is 0 Å². The molecule has 5 aromatic rings. The average Bonchev–Trinajstić information content (AvgIpc) is 3.03. The van der Waals surface area contributed by atoms with Crippen molar-refractivity contribution in [2.24, 2.45) is 5.10 Å². The van der Waals surface area contributed by atoms with Crippen LogP contribution in [0.25, 0.3) is 11.1 Å². The summed E-state index contributed by atoms with van der Waals surface area (Å²) in [7, 11) is 0. The summed E-state index contributed by atoms with van der Waals surface area (Å²) in [6.45, 7) is 3.67. The summed E-state index contributed by atoms with van der Waals surface area (Å²) in [6, 6.07) is 51.8. The molecule has 39 heavy (non-hydrogen) atoms. The van der Waals surface area contributed by atoms with Gasteiger partial charge in [-0.25, -0.2) is 0 Å². The minimum atomic E-state index is 0.248. The minimum absolute atomic E-state index is 0.248. The number of hydrogen-bond donors (Lipinski definition) is 0. The maximum atomic E-state index is 5.24. The van der Waals surface area contributed by atoms with Gasteiger partial charge in [0, 0.05) is 37.3 Å². The van der Waals surface area contributed by atoms with Crippen LogP contribution in [0.1, 0.15) is 28.3 Å². The van der Waals surface area contributed by atoms with Gasteiger partial charge in [-0.3, -0.25) is 9.91 Å². The molecule has 0 saturated carbocycles. The van der Waals surface area contributed by atoms with Crippen LogP contribution < -0.4 is 0 Å². The van der Waals surface area contributed by atoms with Crippen molar-refractivity contribution in [2.45, 2.75) is 6.04 Å². The Morgan fingerprint density at radius 1 is 0.462 bits per heavy atom. The van der Waals surface area contributed by atoms with Crippen molar-refractivity contribution >= 4 is 5.71 Å². The number of piperazine rings is 1. The van der Waals surface area contributed by atoms with Crippen LogP contribution in [0.4, 0.5) is 0 Å². The number of rotatable bonds is 7. The summed E-state index contributed by atoms with van der Waals surface area (Å²) in [4.78, 5) is 2.59. The predicted octanol–water partition coefficient (Wildman–Crippen LogP) is 7.51. The summed E-state index contributed by atoms with van der Waals surface area (Å²) in [6.07, 6.45) is 0. The Bertz CT molecular complexity index is 1430. The van der Waals surface area contributed by atoms with Gasteiger partial charge >= 0.3 is 0 Å². The van der Waals surface area contributed by atoms with Crippen molar-refractivity contribution < 1.29 is 0 Å². The highest BCUT2D eigenvalue weighted by molar-refractivity contribution is 6.12. The van der Waals surface area contributed by atoms with Gasteiger partial charge in [0.05, 0.1) is 11.8 Å². The van der Waals surface area contributed by atoms with Crippen molar-refractivity contribution in [3.63, 3.8) is 0 Å². The van der Waals surface area contributed by atoms with E-state index in [1.807, 2.05) is 0 Å². The lowest BCUT2D eigenvalue weighted by atomic mass is 9.96. The van der Waals surface area contributed by atoms with E-state index < -0.39 is 0 Å². The molecule has 1 saturated heterocycles. The van der Waals surface area contributed by atoms with Gasteiger partial charge in [-0.2, -0.15) is 5.10 Å². The Balaban J connectivity index is 1.25. The van der Waals surface area contributed by atoms with E-state index in [1.165, 1.54) is 22.3 Å². The number of hydrazone groups is 1. The van der Waals surface area contributed by atoms with E-state index >= 15 is 0 Å². The first-order valence-corrected chi connectivity index (χ1v) is 13.7. The SMILES string of the molecule is c1ccc(C(=NN2CCN(C(c3ccccc3)c3ccccc3)CC2)c2ccc(-c3ccccc3)cc2)cc1. The van der Waals surface area contributed by atoms with Crippen molar-refractivity contribution in [2.75, 3.05) is 26.2 Å². The second kappa shape index (κ2) is 11.9. The minimum Gasteiger partial charge on any atom is -0.294 e. The normalized spacial score (nSPS) is 14.5. The first-order chi connectivity index (χ1) is 19.3. The van der Waals surface area contributed by atoms with Gasteiger partial charge in [0.25, 0.3) is 0 Å². The molecule has 0 radical (unpaired) electrons. The van der Waals surface area contributed by atoms with Crippen molar-refractivity contribution in [3.8, 4) is 11.1 Å². The third-order valence-electron chi connectivity index (χ3n) is 7.44. The van der Waals surface area contributed by atoms with Gasteiger partial charge in [0.1, 0.15) is 0 Å². The van der Waals surface area contributed by atoms with Crippen LogP contribution in [0.3, 0.4) is 0 Å². The van der Waals surface area contributed by atoms with E-state index in [4.69, 9.17) is 5.10 Å². The van der Waals surface area contributed by atoms with Crippen molar-refractivity contribution in [1.29, 1.82) is 0 Å². The summed E-state index contributed by atoms with van der Waals surface area (Å²) >= 11 is 0. The van der Waals surface area contributed by atoms with E-state index in [0.29, 0.717) is 0 Å². The van der Waals surface area contributed by atoms with E-state index in [1.54, 1.807) is 0 Å². The highest BCUT2D eigenvalue weighted by Crippen LogP contribution is 2.30. The van der Waals surface area contributed by atoms with E-state index in [2.05, 4.69) is 156 Å². The largest absolute Gasteiger partial charge is 0.294 e. The molecule has 0 aromatic heterocycles. The maximum Gasteiger partial charge on any atom is 0.0976 e. The Kier molecular flexibility index (Phi) is 7.60. The highest BCUT2D eigenvalue weighted by atomic mass is 15.5. The fourth-order valence-corrected chi connectivity index (χ4v) is 5.43. The van der Waals surface area contributed by atoms with E-state index in [0.717, 1.165) is 43.0 Å². The van der Waals surface area contributed by atoms with Crippen LogP contribution in [0.2, 0.25) is 0 Å². The molecule has 0 atom stereocenters. The van der Waals surface area contributed by atoms with Crippen LogP contribution in [-0.4, -0.2) is 41.8 Å². The fourth-order valence-electron chi connectivity index (χ4n) is 5.43. The second-order valence-corrected chi connectivity index (χ2v) is 9.97. The summed E-state index contributed by atoms with van der Waals surface area (Å²) in [5.41, 5.74) is 8.41. The molecule has 0 aliphatic carbocycles. The first-order valence-electron chi connectivity index (χ1n) is 13.7. The van der Waals surface area contributed by atoms with E-state index in [-0.39, 0.29) is 6.04 Å². The predicted molar refractivity (Wildman–Crippen MR) is 162 cm³/mol. The van der Waals surface area contributed by atoms with Gasteiger partial charge < -0.3 is 0 Å². The molecule has 192 valence electrons. The van der Waals surface area contributed by atoms with Gasteiger partial charge in [0.2, 0.25) is 0 Å². The third kappa shape index (κ3) is 5.84. The zero-order valence-corrected chi connectivity index (χ0v) is 22.1. The molecule has 0 unspecified atom stereocenters. The second-order valence-electron chi connectivity index (χ2n) is 9.97. The molecule has 1 aliphatic heterocycles. The van der Waals surface area contributed by atoms with Crippen molar-refractivity contribution in [1.82, 2.24) is 9.91 Å². The summed E-state index contributed by atoms with van der Waals surface area (Å²) < 4.78 is 0. The molecule has 3 nitrogen and oxygen atoms in total. The van der Waals surface area contributed by atoms with Crippen molar-refractivity contribution in [3.05, 3.63) is 168 Å². The van der Waals surface area contributed by atoms with E-state index in [9.17, 15) is 0 Å². The van der Waals surface area contributed by atoms with Crippen LogP contribution in [0.5, 0.6) is 0 Å². The quantitative estimate of drug-likeness (QED) is 0.212. The Labute approximate surface area is 231 Å². The average molecular weight is 508 g/mol. The molecule has 0 amide bonds.